The van der Waals surface area contributed by atoms with Crippen LogP contribution in [0, 0.1) is 6.92 Å². The van der Waals surface area contributed by atoms with Crippen molar-refractivity contribution in [2.75, 3.05) is 0 Å². The van der Waals surface area contributed by atoms with E-state index in [1.165, 1.54) is 11.1 Å². The third-order valence-corrected chi connectivity index (χ3v) is 3.74. The fourth-order valence-electron chi connectivity index (χ4n) is 2.36. The molecule has 0 aliphatic heterocycles. The minimum atomic E-state index is 0.0479. The van der Waals surface area contributed by atoms with E-state index >= 15 is 0 Å². The molecule has 2 N–H and O–H groups in total. The maximum Gasteiger partial charge on any atom is 0.218 e. The summed E-state index contributed by atoms with van der Waals surface area (Å²) >= 11 is 0. The molecule has 0 saturated heterocycles. The van der Waals surface area contributed by atoms with Gasteiger partial charge in [0.1, 0.15) is 0 Å². The average Bonchev–Trinajstić information content (AvgIpc) is 2.81. The second-order valence-corrected chi connectivity index (χ2v) is 5.82. The highest BCUT2D eigenvalue weighted by Crippen LogP contribution is 2.37. The van der Waals surface area contributed by atoms with Crippen molar-refractivity contribution >= 4 is 22.3 Å². The van der Waals surface area contributed by atoms with Crippen molar-refractivity contribution < 1.29 is 5.11 Å². The third-order valence-electron chi connectivity index (χ3n) is 3.74. The Morgan fingerprint density at radius 3 is 2.41 bits per heavy atom. The summed E-state index contributed by atoms with van der Waals surface area (Å²) in [6.07, 6.45) is 0. The molecule has 4 nitrogen and oxygen atoms in total. The number of aromatic nitrogens is 1. The Morgan fingerprint density at radius 2 is 1.73 bits per heavy atom. The van der Waals surface area contributed by atoms with E-state index in [1.54, 1.807) is 0 Å². The van der Waals surface area contributed by atoms with E-state index in [0.717, 1.165) is 16.6 Å². The molecule has 0 aliphatic carbocycles. The smallest absolute Gasteiger partial charge is 0.218 e. The van der Waals surface area contributed by atoms with E-state index in [-0.39, 0.29) is 5.88 Å². The van der Waals surface area contributed by atoms with Crippen LogP contribution < -0.4 is 0 Å². The number of rotatable bonds is 3. The number of nitrogens with zero attached hydrogens (tertiary/aromatic N) is 2. The van der Waals surface area contributed by atoms with Crippen LogP contribution in [-0.2, 0) is 0 Å². The van der Waals surface area contributed by atoms with Crippen LogP contribution in [0.4, 0.5) is 11.4 Å². The predicted molar refractivity (Wildman–Crippen MR) is 89.4 cm³/mol. The van der Waals surface area contributed by atoms with Crippen LogP contribution in [0.5, 0.6) is 5.88 Å². The van der Waals surface area contributed by atoms with Crippen molar-refractivity contribution in [2.24, 2.45) is 10.2 Å². The van der Waals surface area contributed by atoms with Gasteiger partial charge in [0, 0.05) is 5.39 Å². The fourth-order valence-corrected chi connectivity index (χ4v) is 2.36. The molecule has 3 aromatic rings. The first-order valence-corrected chi connectivity index (χ1v) is 7.37. The second kappa shape index (κ2) is 5.64. The third kappa shape index (κ3) is 2.72. The molecule has 0 unspecified atom stereocenters. The minimum absolute atomic E-state index is 0.0479. The first-order valence-electron chi connectivity index (χ1n) is 7.37. The fraction of sp³-hybridized carbons (Fsp3) is 0.222. The molecule has 1 heterocycles. The second-order valence-electron chi connectivity index (χ2n) is 5.82. The summed E-state index contributed by atoms with van der Waals surface area (Å²) in [5, 5.41) is 19.4. The zero-order valence-electron chi connectivity index (χ0n) is 13.0. The summed E-state index contributed by atoms with van der Waals surface area (Å²) in [5.74, 6) is 0.468. The van der Waals surface area contributed by atoms with Crippen LogP contribution in [0.3, 0.4) is 0 Å². The van der Waals surface area contributed by atoms with E-state index in [4.69, 9.17) is 0 Å². The maximum absolute atomic E-state index is 10.1. The molecule has 0 amide bonds. The molecule has 4 heteroatoms. The summed E-state index contributed by atoms with van der Waals surface area (Å²) in [6.45, 7) is 6.31. The van der Waals surface area contributed by atoms with E-state index in [2.05, 4.69) is 41.2 Å². The van der Waals surface area contributed by atoms with E-state index in [1.807, 2.05) is 37.3 Å². The maximum atomic E-state index is 10.1. The first-order chi connectivity index (χ1) is 10.5. The molecule has 0 atom stereocenters. The summed E-state index contributed by atoms with van der Waals surface area (Å²) in [7, 11) is 0. The molecule has 22 heavy (non-hydrogen) atoms. The Kier molecular flexibility index (Phi) is 3.67. The zero-order valence-corrected chi connectivity index (χ0v) is 13.0. The molecule has 3 rings (SSSR count). The van der Waals surface area contributed by atoms with Gasteiger partial charge in [-0.05, 0) is 42.7 Å². The van der Waals surface area contributed by atoms with Crippen LogP contribution in [0.2, 0.25) is 0 Å². The van der Waals surface area contributed by atoms with Gasteiger partial charge in [0.2, 0.25) is 5.88 Å². The van der Waals surface area contributed by atoms with E-state index in [0.29, 0.717) is 11.6 Å². The Bertz CT molecular complexity index is 829. The number of benzene rings is 2. The molecule has 0 radical (unpaired) electrons. The molecule has 1 aromatic heterocycles. The van der Waals surface area contributed by atoms with Gasteiger partial charge < -0.3 is 10.1 Å². The molecular formula is C18H19N3O. The number of nitrogens with one attached hydrogen (secondary N) is 1. The van der Waals surface area contributed by atoms with Gasteiger partial charge in [0.25, 0.3) is 0 Å². The van der Waals surface area contributed by atoms with Crippen LogP contribution in [0.15, 0.2) is 52.7 Å². The van der Waals surface area contributed by atoms with Crippen LogP contribution in [0.1, 0.15) is 30.9 Å². The summed E-state index contributed by atoms with van der Waals surface area (Å²) in [5.41, 5.74) is 4.49. The number of azo groups is 1. The quantitative estimate of drug-likeness (QED) is 0.596. The molecular weight excluding hydrogens is 274 g/mol. The SMILES string of the molecule is Cc1ccc(N=Nc2c(O)[nH]c3ccc(C(C)C)cc23)cc1. The minimum Gasteiger partial charge on any atom is -0.493 e. The number of aromatic hydroxyl groups is 1. The highest BCUT2D eigenvalue weighted by Gasteiger charge is 2.12. The monoisotopic (exact) mass is 293 g/mol. The number of fused-ring (bicyclic) bond motifs is 1. The molecule has 112 valence electrons. The number of hydrogen-bond acceptors (Lipinski definition) is 3. The van der Waals surface area contributed by atoms with Crippen molar-refractivity contribution in [3.8, 4) is 5.88 Å². The van der Waals surface area contributed by atoms with Gasteiger partial charge in [-0.1, -0.05) is 37.6 Å². The summed E-state index contributed by atoms with van der Waals surface area (Å²) < 4.78 is 0. The van der Waals surface area contributed by atoms with Gasteiger partial charge in [0.05, 0.1) is 11.2 Å². The Morgan fingerprint density at radius 1 is 1.00 bits per heavy atom. The molecule has 0 saturated carbocycles. The highest BCUT2D eigenvalue weighted by molar-refractivity contribution is 5.94. The number of H-pyrrole nitrogens is 1. The summed E-state index contributed by atoms with van der Waals surface area (Å²) in [4.78, 5) is 2.94. The van der Waals surface area contributed by atoms with Gasteiger partial charge in [-0.25, -0.2) is 0 Å². The topological polar surface area (TPSA) is 60.7 Å². The number of aromatic amines is 1. The van der Waals surface area contributed by atoms with Crippen molar-refractivity contribution in [2.45, 2.75) is 26.7 Å². The lowest BCUT2D eigenvalue weighted by Crippen LogP contribution is -1.85. The molecule has 2 aromatic carbocycles. The summed E-state index contributed by atoms with van der Waals surface area (Å²) in [6, 6.07) is 13.9. The average molecular weight is 293 g/mol. The van der Waals surface area contributed by atoms with Crippen molar-refractivity contribution in [1.82, 2.24) is 4.98 Å². The predicted octanol–water partition coefficient (Wildman–Crippen LogP) is 5.72. The molecule has 0 bridgehead atoms. The van der Waals surface area contributed by atoms with Crippen molar-refractivity contribution in [3.63, 3.8) is 0 Å². The lowest BCUT2D eigenvalue weighted by molar-refractivity contribution is 0.459. The van der Waals surface area contributed by atoms with Gasteiger partial charge in [-0.3, -0.25) is 0 Å². The van der Waals surface area contributed by atoms with Gasteiger partial charge >= 0.3 is 0 Å². The van der Waals surface area contributed by atoms with Gasteiger partial charge in [0.15, 0.2) is 5.69 Å². The van der Waals surface area contributed by atoms with Gasteiger partial charge in [-0.2, -0.15) is 5.11 Å². The normalized spacial score (nSPS) is 11.8. The first kappa shape index (κ1) is 14.3. The van der Waals surface area contributed by atoms with E-state index < -0.39 is 0 Å². The van der Waals surface area contributed by atoms with Gasteiger partial charge in [-0.15, -0.1) is 5.11 Å². The van der Waals surface area contributed by atoms with Crippen molar-refractivity contribution in [1.29, 1.82) is 0 Å². The lowest BCUT2D eigenvalue weighted by Gasteiger charge is -2.04. The number of aryl methyl sites for hydroxylation is 1. The van der Waals surface area contributed by atoms with E-state index in [9.17, 15) is 5.11 Å². The molecule has 0 fully saturated rings. The van der Waals surface area contributed by atoms with Crippen LogP contribution in [-0.4, -0.2) is 10.1 Å². The molecule has 0 aliphatic rings. The Balaban J connectivity index is 2.03. The lowest BCUT2D eigenvalue weighted by atomic mass is 10.0. The van der Waals surface area contributed by atoms with Crippen LogP contribution >= 0.6 is 0 Å². The Labute approximate surface area is 129 Å². The molecule has 0 spiro atoms. The largest absolute Gasteiger partial charge is 0.493 e. The van der Waals surface area contributed by atoms with Crippen LogP contribution in [0.25, 0.3) is 10.9 Å². The highest BCUT2D eigenvalue weighted by atomic mass is 16.3. The van der Waals surface area contributed by atoms with Crippen molar-refractivity contribution in [3.05, 3.63) is 53.6 Å². The standard InChI is InChI=1S/C18H19N3O/c1-11(2)13-6-9-16-15(10-13)17(18(22)19-16)21-20-14-7-4-12(3)5-8-14/h4-11,19,22H,1-3H3. The number of hydrogen-bond donors (Lipinski definition) is 2. The Hall–Kier alpha value is -2.62. The zero-order chi connectivity index (χ0) is 15.7.